The molecule has 0 saturated heterocycles. The zero-order valence-corrected chi connectivity index (χ0v) is 16.3. The minimum Gasteiger partial charge on any atom is -0.374 e. The number of nitrogens with one attached hydrogen (secondary N) is 1. The zero-order valence-electron chi connectivity index (χ0n) is 16.3. The molecule has 1 aliphatic heterocycles. The van der Waals surface area contributed by atoms with Crippen LogP contribution in [-0.2, 0) is 29.1 Å². The first-order valence-corrected chi connectivity index (χ1v) is 9.41. The second-order valence-corrected chi connectivity index (χ2v) is 7.70. The number of ether oxygens (including phenoxy) is 1. The second-order valence-electron chi connectivity index (χ2n) is 7.70. The number of aryl methyl sites for hydroxylation is 1. The van der Waals surface area contributed by atoms with Crippen molar-refractivity contribution in [1.29, 1.82) is 5.26 Å². The lowest BCUT2D eigenvalue weighted by molar-refractivity contribution is -0.126. The van der Waals surface area contributed by atoms with Gasteiger partial charge in [0.2, 0.25) is 5.91 Å². The van der Waals surface area contributed by atoms with E-state index >= 15 is 0 Å². The smallest absolute Gasteiger partial charge is 0.240 e. The van der Waals surface area contributed by atoms with Gasteiger partial charge in [-0.1, -0.05) is 37.8 Å². The molecule has 0 saturated carbocycles. The van der Waals surface area contributed by atoms with Crippen LogP contribution >= 0.6 is 0 Å². The number of amides is 1. The molecule has 29 heavy (non-hydrogen) atoms. The van der Waals surface area contributed by atoms with Crippen LogP contribution < -0.4 is 11.1 Å². The Kier molecular flexibility index (Phi) is 7.48. The lowest BCUT2D eigenvalue weighted by Gasteiger charge is -2.26. The predicted octanol–water partition coefficient (Wildman–Crippen LogP) is 2.11. The molecule has 2 aromatic rings. The summed E-state index contributed by atoms with van der Waals surface area (Å²) in [6, 6.07) is 11.6. The molecule has 3 rings (SSSR count). The maximum absolute atomic E-state index is 12.5. The topological polar surface area (TPSA) is 119 Å². The number of nitriles is 1. The summed E-state index contributed by atoms with van der Waals surface area (Å²) in [4.78, 5) is 12.5. The molecule has 8 heteroatoms. The van der Waals surface area contributed by atoms with Crippen LogP contribution in [0, 0.1) is 17.2 Å². The fraction of sp³-hybridized carbons (Fsp3) is 0.524. The minimum atomic E-state index is -1.03. The Balaban J connectivity index is 0.00000300. The van der Waals surface area contributed by atoms with Gasteiger partial charge < -0.3 is 20.4 Å². The molecule has 0 bridgehead atoms. The molecule has 3 N–H and O–H groups in total. The quantitative estimate of drug-likeness (QED) is 0.737. The van der Waals surface area contributed by atoms with Gasteiger partial charge >= 0.3 is 0 Å². The van der Waals surface area contributed by atoms with Gasteiger partial charge in [0.05, 0.1) is 30.7 Å². The fourth-order valence-electron chi connectivity index (χ4n) is 3.11. The molecular formula is C21H30N6O2. The monoisotopic (exact) mass is 398 g/mol. The highest BCUT2D eigenvalue weighted by molar-refractivity contribution is 5.85. The number of carbonyl (C=O) groups excluding carboxylic acids is 1. The van der Waals surface area contributed by atoms with E-state index in [1.165, 1.54) is 0 Å². The number of fused-ring (bicyclic) bond motifs is 1. The van der Waals surface area contributed by atoms with Crippen LogP contribution in [-0.4, -0.2) is 32.8 Å². The molecule has 1 aromatic heterocycles. The molecule has 2 atom stereocenters. The van der Waals surface area contributed by atoms with Gasteiger partial charge in [-0.25, -0.2) is 0 Å². The van der Waals surface area contributed by atoms with Crippen LogP contribution in [0.5, 0.6) is 0 Å². The summed E-state index contributed by atoms with van der Waals surface area (Å²) >= 11 is 0. The molecule has 1 unspecified atom stereocenters. The Morgan fingerprint density at radius 2 is 2.14 bits per heavy atom. The molecule has 0 spiro atoms. The molecular weight excluding hydrogens is 368 g/mol. The summed E-state index contributed by atoms with van der Waals surface area (Å²) in [6.07, 6.45) is 1.46. The molecule has 1 aliphatic rings. The number of hydrogen-bond donors (Lipinski definition) is 2. The van der Waals surface area contributed by atoms with Gasteiger partial charge in [0.15, 0.2) is 5.82 Å². The van der Waals surface area contributed by atoms with Gasteiger partial charge in [-0.3, -0.25) is 4.79 Å². The predicted molar refractivity (Wildman–Crippen MR) is 109 cm³/mol. The van der Waals surface area contributed by atoms with E-state index in [1.54, 1.807) is 13.8 Å². The average Bonchev–Trinajstić information content (AvgIpc) is 3.10. The number of rotatable bonds is 7. The summed E-state index contributed by atoms with van der Waals surface area (Å²) in [5.41, 5.74) is 5.95. The largest absolute Gasteiger partial charge is 0.374 e. The van der Waals surface area contributed by atoms with E-state index in [1.807, 2.05) is 34.9 Å². The Morgan fingerprint density at radius 1 is 1.41 bits per heavy atom. The molecule has 8 nitrogen and oxygen atoms in total. The third kappa shape index (κ3) is 5.62. The van der Waals surface area contributed by atoms with E-state index in [0.717, 1.165) is 17.8 Å². The zero-order chi connectivity index (χ0) is 20.1. The number of benzene rings is 1. The normalized spacial score (nSPS) is 16.8. The molecule has 1 aromatic carbocycles. The van der Waals surface area contributed by atoms with Crippen molar-refractivity contribution in [3.63, 3.8) is 0 Å². The maximum Gasteiger partial charge on any atom is 0.240 e. The Morgan fingerprint density at radius 3 is 2.79 bits per heavy atom. The third-order valence-corrected chi connectivity index (χ3v) is 4.76. The highest BCUT2D eigenvalue weighted by Gasteiger charge is 2.31. The van der Waals surface area contributed by atoms with Crippen LogP contribution in [0.25, 0.3) is 0 Å². The minimum absolute atomic E-state index is 0. The van der Waals surface area contributed by atoms with Crippen LogP contribution in [0.3, 0.4) is 0 Å². The maximum atomic E-state index is 12.5. The van der Waals surface area contributed by atoms with E-state index in [0.29, 0.717) is 25.4 Å². The summed E-state index contributed by atoms with van der Waals surface area (Å²) in [6.45, 7) is 4.46. The molecule has 2 heterocycles. The van der Waals surface area contributed by atoms with E-state index in [2.05, 4.69) is 21.6 Å². The SMILES string of the molecule is C.CC(C)(N)C(=O)N[C@H](COCc1ccccc1)c1nnc2n1CC(C#N)CC2. The van der Waals surface area contributed by atoms with Crippen molar-refractivity contribution in [3.8, 4) is 6.07 Å². The summed E-state index contributed by atoms with van der Waals surface area (Å²) < 4.78 is 7.79. The first-order chi connectivity index (χ1) is 13.4. The highest BCUT2D eigenvalue weighted by Crippen LogP contribution is 2.23. The van der Waals surface area contributed by atoms with Gasteiger partial charge in [-0.05, 0) is 25.8 Å². The van der Waals surface area contributed by atoms with Gasteiger partial charge in [0, 0.05) is 13.0 Å². The lowest BCUT2D eigenvalue weighted by Crippen LogP contribution is -2.51. The Bertz CT molecular complexity index is 850. The second kappa shape index (κ2) is 9.63. The summed E-state index contributed by atoms with van der Waals surface area (Å²) in [5.74, 6) is 1.04. The molecule has 1 amide bonds. The van der Waals surface area contributed by atoms with Gasteiger partial charge in [0.1, 0.15) is 11.9 Å². The van der Waals surface area contributed by atoms with Crippen LogP contribution in [0.2, 0.25) is 0 Å². The van der Waals surface area contributed by atoms with E-state index in [9.17, 15) is 10.1 Å². The first kappa shape index (κ1) is 22.5. The van der Waals surface area contributed by atoms with E-state index in [-0.39, 0.29) is 25.9 Å². The third-order valence-electron chi connectivity index (χ3n) is 4.76. The number of nitrogens with two attached hydrogens (primary N) is 1. The molecule has 156 valence electrons. The van der Waals surface area contributed by atoms with Gasteiger partial charge in [0.25, 0.3) is 0 Å². The molecule has 0 radical (unpaired) electrons. The van der Waals surface area contributed by atoms with Crippen LogP contribution in [0.15, 0.2) is 30.3 Å². The molecule has 0 aliphatic carbocycles. The van der Waals surface area contributed by atoms with Gasteiger partial charge in [-0.15, -0.1) is 10.2 Å². The summed E-state index contributed by atoms with van der Waals surface area (Å²) in [5, 5.41) is 20.8. The van der Waals surface area contributed by atoms with E-state index < -0.39 is 11.6 Å². The van der Waals surface area contributed by atoms with Crippen molar-refractivity contribution in [2.24, 2.45) is 11.7 Å². The van der Waals surface area contributed by atoms with Crippen LogP contribution in [0.4, 0.5) is 0 Å². The van der Waals surface area contributed by atoms with Crippen LogP contribution in [0.1, 0.15) is 50.9 Å². The fourth-order valence-corrected chi connectivity index (χ4v) is 3.11. The number of carbonyl (C=O) groups is 1. The number of nitrogens with zero attached hydrogens (tertiary/aromatic N) is 4. The first-order valence-electron chi connectivity index (χ1n) is 9.41. The average molecular weight is 399 g/mol. The number of aromatic nitrogens is 3. The van der Waals surface area contributed by atoms with Crippen molar-refractivity contribution in [3.05, 3.63) is 47.5 Å². The van der Waals surface area contributed by atoms with Gasteiger partial charge in [-0.2, -0.15) is 5.26 Å². The van der Waals surface area contributed by atoms with E-state index in [4.69, 9.17) is 10.5 Å². The van der Waals surface area contributed by atoms with Crippen molar-refractivity contribution < 1.29 is 9.53 Å². The summed E-state index contributed by atoms with van der Waals surface area (Å²) in [7, 11) is 0. The Hall–Kier alpha value is -2.76. The highest BCUT2D eigenvalue weighted by atomic mass is 16.5. The lowest BCUT2D eigenvalue weighted by atomic mass is 10.0. The van der Waals surface area contributed by atoms with Crippen molar-refractivity contribution in [2.75, 3.05) is 6.61 Å². The molecule has 0 fully saturated rings. The number of hydrogen-bond acceptors (Lipinski definition) is 6. The standard InChI is InChI=1S/C20H26N6O2.CH4/c1-20(2,22)19(27)23-16(13-28-12-14-6-4-3-5-7-14)18-25-24-17-9-8-15(10-21)11-26(17)18;/h3-7,15-16H,8-9,11-13,22H2,1-2H3,(H,23,27);1H4/t15?,16-;/m1./s1. The van der Waals surface area contributed by atoms with Crippen molar-refractivity contribution in [1.82, 2.24) is 20.1 Å². The van der Waals surface area contributed by atoms with Crippen molar-refractivity contribution >= 4 is 5.91 Å². The Labute approximate surface area is 172 Å². The van der Waals surface area contributed by atoms with Crippen molar-refractivity contribution in [2.45, 2.75) is 58.8 Å².